The lowest BCUT2D eigenvalue weighted by molar-refractivity contribution is -0.121. The van der Waals surface area contributed by atoms with Crippen molar-refractivity contribution < 1.29 is 4.79 Å². The van der Waals surface area contributed by atoms with E-state index in [2.05, 4.69) is 21.4 Å². The first-order valence-corrected chi connectivity index (χ1v) is 10.6. The number of thioether (sulfide) groups is 1. The molecular formula is C19H24N4OS2. The topological polar surface area (TPSA) is 78.7 Å². The summed E-state index contributed by atoms with van der Waals surface area (Å²) >= 11 is 3.22. The molecule has 2 heterocycles. The minimum absolute atomic E-state index is 0.0294. The lowest BCUT2D eigenvalue weighted by Gasteiger charge is -2.28. The Morgan fingerprint density at radius 1 is 1.35 bits per heavy atom. The predicted octanol–water partition coefficient (Wildman–Crippen LogP) is 4.02. The van der Waals surface area contributed by atoms with Crippen molar-refractivity contribution in [3.8, 4) is 6.07 Å². The standard InChI is InChI=1S/C19H24N4OS2/c1-10(2)19(5,9-20)23-16(24)11(3)25-17-15-13-7-6-8-14(13)26-18(15)22-12(4)21-17/h10-11H,6-8H2,1-5H3,(H,23,24)/t11-,19+/m1/s1. The highest BCUT2D eigenvalue weighted by Gasteiger charge is 2.32. The van der Waals surface area contributed by atoms with Crippen molar-refractivity contribution in [2.75, 3.05) is 0 Å². The maximum atomic E-state index is 12.7. The monoisotopic (exact) mass is 388 g/mol. The van der Waals surface area contributed by atoms with Gasteiger partial charge in [0.1, 0.15) is 21.2 Å². The van der Waals surface area contributed by atoms with Crippen LogP contribution in [0, 0.1) is 24.2 Å². The highest BCUT2D eigenvalue weighted by atomic mass is 32.2. The Hall–Kier alpha value is -1.65. The van der Waals surface area contributed by atoms with E-state index in [9.17, 15) is 10.1 Å². The Morgan fingerprint density at radius 2 is 2.08 bits per heavy atom. The molecule has 7 heteroatoms. The molecule has 0 saturated carbocycles. The van der Waals surface area contributed by atoms with Gasteiger partial charge in [0, 0.05) is 10.3 Å². The van der Waals surface area contributed by atoms with E-state index >= 15 is 0 Å². The molecule has 2 atom stereocenters. The number of aryl methyl sites for hydroxylation is 3. The molecule has 3 rings (SSSR count). The van der Waals surface area contributed by atoms with Crippen LogP contribution in [0.25, 0.3) is 10.2 Å². The first kappa shape index (κ1) is 19.1. The van der Waals surface area contributed by atoms with E-state index in [0.29, 0.717) is 0 Å². The molecule has 1 aliphatic carbocycles. The quantitative estimate of drug-likeness (QED) is 0.618. The molecule has 1 aliphatic rings. The zero-order chi connectivity index (χ0) is 19.1. The molecule has 0 aliphatic heterocycles. The zero-order valence-corrected chi connectivity index (χ0v) is 17.5. The summed E-state index contributed by atoms with van der Waals surface area (Å²) < 4.78 is 0. The van der Waals surface area contributed by atoms with Gasteiger partial charge in [0.2, 0.25) is 5.91 Å². The van der Waals surface area contributed by atoms with Crippen LogP contribution in [0.4, 0.5) is 0 Å². The molecule has 1 N–H and O–H groups in total. The number of fused-ring (bicyclic) bond motifs is 3. The summed E-state index contributed by atoms with van der Waals surface area (Å²) in [5, 5.41) is 14.0. The van der Waals surface area contributed by atoms with E-state index in [1.54, 1.807) is 18.3 Å². The van der Waals surface area contributed by atoms with Gasteiger partial charge in [-0.05, 0) is 51.5 Å². The van der Waals surface area contributed by atoms with Gasteiger partial charge < -0.3 is 5.32 Å². The number of thiophene rings is 1. The second-order valence-corrected chi connectivity index (χ2v) is 9.74. The Kier molecular flexibility index (Phi) is 5.27. The van der Waals surface area contributed by atoms with Crippen molar-refractivity contribution >= 4 is 39.2 Å². The van der Waals surface area contributed by atoms with Crippen LogP contribution in [0.1, 0.15) is 50.4 Å². The molecule has 0 saturated heterocycles. The fourth-order valence-electron chi connectivity index (χ4n) is 3.03. The summed E-state index contributed by atoms with van der Waals surface area (Å²) in [6, 6.07) is 2.23. The van der Waals surface area contributed by atoms with Gasteiger partial charge in [-0.2, -0.15) is 5.26 Å². The second kappa shape index (κ2) is 7.16. The van der Waals surface area contributed by atoms with Crippen LogP contribution in [0.2, 0.25) is 0 Å². The maximum absolute atomic E-state index is 12.7. The maximum Gasteiger partial charge on any atom is 0.234 e. The van der Waals surface area contributed by atoms with Gasteiger partial charge in [-0.15, -0.1) is 11.3 Å². The van der Waals surface area contributed by atoms with E-state index < -0.39 is 5.54 Å². The summed E-state index contributed by atoms with van der Waals surface area (Å²) in [5.41, 5.74) is 0.496. The molecule has 0 unspecified atom stereocenters. The van der Waals surface area contributed by atoms with E-state index in [1.165, 1.54) is 28.6 Å². The molecule has 0 bridgehead atoms. The summed E-state index contributed by atoms with van der Waals surface area (Å²) in [4.78, 5) is 24.4. The average molecular weight is 389 g/mol. The minimum Gasteiger partial charge on any atom is -0.337 e. The van der Waals surface area contributed by atoms with Crippen molar-refractivity contribution in [2.45, 2.75) is 69.7 Å². The number of nitrogens with one attached hydrogen (secondary N) is 1. The van der Waals surface area contributed by atoms with E-state index in [-0.39, 0.29) is 17.1 Å². The van der Waals surface area contributed by atoms with Gasteiger partial charge >= 0.3 is 0 Å². The zero-order valence-electron chi connectivity index (χ0n) is 15.8. The number of hydrogen-bond donors (Lipinski definition) is 1. The van der Waals surface area contributed by atoms with Crippen molar-refractivity contribution in [1.82, 2.24) is 15.3 Å². The van der Waals surface area contributed by atoms with Crippen LogP contribution in [0.15, 0.2) is 5.03 Å². The SMILES string of the molecule is Cc1nc(S[C@H](C)C(=O)N[C@@](C)(C#N)C(C)C)c2c3c(sc2n1)CCC3. The van der Waals surface area contributed by atoms with E-state index in [4.69, 9.17) is 0 Å². The molecular weight excluding hydrogens is 364 g/mol. The molecule has 0 spiro atoms. The number of nitriles is 1. The van der Waals surface area contributed by atoms with Crippen molar-refractivity contribution in [2.24, 2.45) is 5.92 Å². The van der Waals surface area contributed by atoms with Gasteiger partial charge in [0.25, 0.3) is 0 Å². The van der Waals surface area contributed by atoms with Crippen LogP contribution < -0.4 is 5.32 Å². The van der Waals surface area contributed by atoms with Crippen LogP contribution in [-0.2, 0) is 17.6 Å². The van der Waals surface area contributed by atoms with Crippen LogP contribution in [0.3, 0.4) is 0 Å². The fourth-order valence-corrected chi connectivity index (χ4v) is 5.42. The minimum atomic E-state index is -0.869. The number of carbonyl (C=O) groups excluding carboxylic acids is 1. The number of aromatic nitrogens is 2. The highest BCUT2D eigenvalue weighted by Crippen LogP contribution is 2.41. The third kappa shape index (κ3) is 3.45. The number of rotatable bonds is 5. The molecule has 2 aromatic rings. The molecule has 26 heavy (non-hydrogen) atoms. The number of nitrogens with zero attached hydrogens (tertiary/aromatic N) is 3. The van der Waals surface area contributed by atoms with Crippen LogP contribution >= 0.6 is 23.1 Å². The molecule has 0 fully saturated rings. The Labute approximate surface area is 162 Å². The number of hydrogen-bond acceptors (Lipinski definition) is 6. The summed E-state index contributed by atoms with van der Waals surface area (Å²) in [7, 11) is 0. The Morgan fingerprint density at radius 3 is 2.73 bits per heavy atom. The summed E-state index contributed by atoms with van der Waals surface area (Å²) in [5.74, 6) is 0.627. The molecule has 1 amide bonds. The average Bonchev–Trinajstić information content (AvgIpc) is 3.14. The van der Waals surface area contributed by atoms with E-state index in [0.717, 1.165) is 33.9 Å². The molecule has 5 nitrogen and oxygen atoms in total. The summed E-state index contributed by atoms with van der Waals surface area (Å²) in [6.45, 7) is 9.41. The third-order valence-electron chi connectivity index (χ3n) is 5.07. The van der Waals surface area contributed by atoms with Crippen molar-refractivity contribution in [3.63, 3.8) is 0 Å². The van der Waals surface area contributed by atoms with E-state index in [1.807, 2.05) is 27.7 Å². The number of carbonyl (C=O) groups is 1. The predicted molar refractivity (Wildman–Crippen MR) is 106 cm³/mol. The van der Waals surface area contributed by atoms with Gasteiger partial charge in [0.15, 0.2) is 0 Å². The Balaban J connectivity index is 1.87. The van der Waals surface area contributed by atoms with Crippen LogP contribution in [0.5, 0.6) is 0 Å². The fraction of sp³-hybridized carbons (Fsp3) is 0.579. The molecule has 0 radical (unpaired) electrons. The first-order chi connectivity index (χ1) is 12.2. The third-order valence-corrected chi connectivity index (χ3v) is 7.34. The molecule has 138 valence electrons. The van der Waals surface area contributed by atoms with Gasteiger partial charge in [0.05, 0.1) is 11.3 Å². The van der Waals surface area contributed by atoms with Gasteiger partial charge in [-0.1, -0.05) is 25.6 Å². The Bertz CT molecular complexity index is 899. The van der Waals surface area contributed by atoms with Crippen LogP contribution in [-0.4, -0.2) is 26.7 Å². The lowest BCUT2D eigenvalue weighted by Crippen LogP contribution is -2.51. The number of amides is 1. The summed E-state index contributed by atoms with van der Waals surface area (Å²) in [6.07, 6.45) is 3.36. The second-order valence-electron chi connectivity index (χ2n) is 7.33. The van der Waals surface area contributed by atoms with Crippen molar-refractivity contribution in [1.29, 1.82) is 5.26 Å². The van der Waals surface area contributed by atoms with Crippen molar-refractivity contribution in [3.05, 3.63) is 16.3 Å². The van der Waals surface area contributed by atoms with Gasteiger partial charge in [-0.3, -0.25) is 4.79 Å². The highest BCUT2D eigenvalue weighted by molar-refractivity contribution is 8.00. The smallest absolute Gasteiger partial charge is 0.234 e. The normalized spacial score (nSPS) is 17.0. The lowest BCUT2D eigenvalue weighted by atomic mass is 9.90. The molecule has 2 aromatic heterocycles. The first-order valence-electron chi connectivity index (χ1n) is 8.94. The van der Waals surface area contributed by atoms with Gasteiger partial charge in [-0.25, -0.2) is 9.97 Å². The molecule has 0 aromatic carbocycles. The largest absolute Gasteiger partial charge is 0.337 e.